The fourth-order valence-corrected chi connectivity index (χ4v) is 4.08. The maximum atomic E-state index is 12.5. The molecule has 1 saturated heterocycles. The number of carbonyl (C=O) groups excluding carboxylic acids is 3. The monoisotopic (exact) mass is 444 g/mol. The highest BCUT2D eigenvalue weighted by atomic mass is 35.5. The Labute approximate surface area is 183 Å². The van der Waals surface area contributed by atoms with Crippen LogP contribution >= 0.6 is 23.4 Å². The Hall–Kier alpha value is -2.61. The van der Waals surface area contributed by atoms with E-state index in [0.29, 0.717) is 16.3 Å². The van der Waals surface area contributed by atoms with Crippen molar-refractivity contribution in [1.29, 1.82) is 0 Å². The van der Waals surface area contributed by atoms with Crippen LogP contribution in [0.25, 0.3) is 6.08 Å². The molecular formula is C22H21ClN2O4S. The van der Waals surface area contributed by atoms with Gasteiger partial charge in [0.1, 0.15) is 0 Å². The summed E-state index contributed by atoms with van der Waals surface area (Å²) < 4.78 is 0. The summed E-state index contributed by atoms with van der Waals surface area (Å²) in [5.41, 5.74) is 1.71. The highest BCUT2D eigenvalue weighted by molar-refractivity contribution is 8.18. The highest BCUT2D eigenvalue weighted by Crippen LogP contribution is 2.32. The van der Waals surface area contributed by atoms with Crippen molar-refractivity contribution in [3.8, 4) is 0 Å². The van der Waals surface area contributed by atoms with Gasteiger partial charge in [-0.2, -0.15) is 0 Å². The normalized spacial score (nSPS) is 16.2. The van der Waals surface area contributed by atoms with E-state index in [2.05, 4.69) is 5.32 Å². The molecule has 0 bridgehead atoms. The van der Waals surface area contributed by atoms with E-state index in [9.17, 15) is 19.5 Å². The predicted molar refractivity (Wildman–Crippen MR) is 118 cm³/mol. The molecule has 0 spiro atoms. The molecule has 30 heavy (non-hydrogen) atoms. The van der Waals surface area contributed by atoms with Crippen LogP contribution in [0, 0.1) is 0 Å². The van der Waals surface area contributed by atoms with Crippen LogP contribution in [0.3, 0.4) is 0 Å². The number of rotatable bonds is 8. The molecule has 6 nitrogen and oxygen atoms in total. The summed E-state index contributed by atoms with van der Waals surface area (Å²) in [5, 5.41) is 12.4. The van der Waals surface area contributed by atoms with Crippen molar-refractivity contribution < 1.29 is 19.5 Å². The minimum atomic E-state index is -0.433. The van der Waals surface area contributed by atoms with Gasteiger partial charge in [-0.1, -0.05) is 54.1 Å². The fourth-order valence-electron chi connectivity index (χ4n) is 3.01. The third-order valence-corrected chi connectivity index (χ3v) is 5.64. The molecule has 0 radical (unpaired) electrons. The van der Waals surface area contributed by atoms with Crippen molar-refractivity contribution in [3.63, 3.8) is 0 Å². The minimum absolute atomic E-state index is 0.0210. The van der Waals surface area contributed by atoms with Crippen LogP contribution in [0.4, 0.5) is 4.79 Å². The molecular weight excluding hydrogens is 424 g/mol. The standard InChI is InChI=1S/C22H21ClN2O4S/c23-17-8-4-7-16(11-17)13-19-21(28)25(22(29)30-19)10-9-20(27)24-18(14-26)12-15-5-2-1-3-6-15/h1-8,11,13,18,26H,9-10,12,14H2,(H,24,27)/b19-13-/t18-/m0/s1. The zero-order valence-corrected chi connectivity index (χ0v) is 17.7. The zero-order valence-electron chi connectivity index (χ0n) is 16.1. The Morgan fingerprint density at radius 2 is 1.93 bits per heavy atom. The Morgan fingerprint density at radius 1 is 1.17 bits per heavy atom. The van der Waals surface area contributed by atoms with Gasteiger partial charge in [0.05, 0.1) is 17.6 Å². The second kappa shape index (κ2) is 10.4. The smallest absolute Gasteiger partial charge is 0.293 e. The Kier molecular flexibility index (Phi) is 7.68. The number of thioether (sulfide) groups is 1. The van der Waals surface area contributed by atoms with Crippen LogP contribution in [0.2, 0.25) is 5.02 Å². The van der Waals surface area contributed by atoms with E-state index in [1.807, 2.05) is 30.3 Å². The second-order valence-electron chi connectivity index (χ2n) is 6.78. The number of nitrogens with one attached hydrogen (secondary N) is 1. The van der Waals surface area contributed by atoms with Gasteiger partial charge in [0.15, 0.2) is 0 Å². The number of hydrogen-bond donors (Lipinski definition) is 2. The van der Waals surface area contributed by atoms with Gasteiger partial charge >= 0.3 is 0 Å². The van der Waals surface area contributed by atoms with Gasteiger partial charge in [-0.05, 0) is 47.5 Å². The summed E-state index contributed by atoms with van der Waals surface area (Å²) in [5.74, 6) is -0.761. The minimum Gasteiger partial charge on any atom is -0.394 e. The topological polar surface area (TPSA) is 86.7 Å². The molecule has 1 aliphatic rings. The van der Waals surface area contributed by atoms with Crippen LogP contribution in [0.1, 0.15) is 17.5 Å². The van der Waals surface area contributed by atoms with E-state index in [-0.39, 0.29) is 25.5 Å². The van der Waals surface area contributed by atoms with Gasteiger partial charge in [-0.3, -0.25) is 19.3 Å². The van der Waals surface area contributed by atoms with Gasteiger partial charge < -0.3 is 10.4 Å². The van der Waals surface area contributed by atoms with Crippen LogP contribution < -0.4 is 5.32 Å². The maximum Gasteiger partial charge on any atom is 0.293 e. The van der Waals surface area contributed by atoms with Crippen LogP contribution in [-0.2, 0) is 16.0 Å². The fraction of sp³-hybridized carbons (Fsp3) is 0.227. The molecule has 8 heteroatoms. The molecule has 2 aromatic carbocycles. The Morgan fingerprint density at radius 3 is 2.63 bits per heavy atom. The van der Waals surface area contributed by atoms with E-state index in [0.717, 1.165) is 27.8 Å². The van der Waals surface area contributed by atoms with Gasteiger partial charge in [-0.25, -0.2) is 0 Å². The summed E-state index contributed by atoms with van der Waals surface area (Å²) in [6.45, 7) is -0.225. The molecule has 2 aromatic rings. The van der Waals surface area contributed by atoms with Gasteiger partial charge in [0.25, 0.3) is 11.1 Å². The molecule has 0 aliphatic carbocycles. The first kappa shape index (κ1) is 22.1. The Bertz CT molecular complexity index is 965. The third-order valence-electron chi connectivity index (χ3n) is 4.49. The summed E-state index contributed by atoms with van der Waals surface area (Å²) in [6, 6.07) is 16.1. The number of amides is 3. The quantitative estimate of drug-likeness (QED) is 0.608. The predicted octanol–water partition coefficient (Wildman–Crippen LogP) is 3.49. The first-order chi connectivity index (χ1) is 14.5. The van der Waals surface area contributed by atoms with Crippen molar-refractivity contribution >= 4 is 46.5 Å². The number of nitrogens with zero attached hydrogens (tertiary/aromatic N) is 1. The van der Waals surface area contributed by atoms with Crippen molar-refractivity contribution in [2.75, 3.05) is 13.2 Å². The average Bonchev–Trinajstić information content (AvgIpc) is 2.99. The van der Waals surface area contributed by atoms with E-state index >= 15 is 0 Å². The molecule has 3 rings (SSSR count). The molecule has 1 fully saturated rings. The van der Waals surface area contributed by atoms with E-state index < -0.39 is 17.2 Å². The number of halogens is 1. The molecule has 3 amide bonds. The molecule has 0 saturated carbocycles. The summed E-state index contributed by atoms with van der Waals surface area (Å²) in [4.78, 5) is 38.4. The molecule has 1 aliphatic heterocycles. The van der Waals surface area contributed by atoms with Gasteiger partial charge in [0, 0.05) is 18.0 Å². The lowest BCUT2D eigenvalue weighted by atomic mass is 10.1. The van der Waals surface area contributed by atoms with E-state index in [4.69, 9.17) is 11.6 Å². The van der Waals surface area contributed by atoms with Gasteiger partial charge in [-0.15, -0.1) is 0 Å². The van der Waals surface area contributed by atoms with E-state index in [1.165, 1.54) is 0 Å². The van der Waals surface area contributed by atoms with E-state index in [1.54, 1.807) is 30.3 Å². The molecule has 156 valence electrons. The molecule has 0 unspecified atom stereocenters. The van der Waals surface area contributed by atoms with Crippen molar-refractivity contribution in [2.45, 2.75) is 18.9 Å². The lowest BCUT2D eigenvalue weighted by Crippen LogP contribution is -2.41. The van der Waals surface area contributed by atoms with Gasteiger partial charge in [0.2, 0.25) is 5.91 Å². The summed E-state index contributed by atoms with van der Waals surface area (Å²) in [7, 11) is 0. The summed E-state index contributed by atoms with van der Waals surface area (Å²) >= 11 is 6.79. The molecule has 2 N–H and O–H groups in total. The van der Waals surface area contributed by atoms with Crippen LogP contribution in [0.15, 0.2) is 59.5 Å². The highest BCUT2D eigenvalue weighted by Gasteiger charge is 2.35. The first-order valence-electron chi connectivity index (χ1n) is 9.41. The number of aliphatic hydroxyl groups is 1. The van der Waals surface area contributed by atoms with Crippen molar-refractivity contribution in [2.24, 2.45) is 0 Å². The number of imide groups is 1. The van der Waals surface area contributed by atoms with Crippen molar-refractivity contribution in [3.05, 3.63) is 75.7 Å². The number of aliphatic hydroxyl groups excluding tert-OH is 1. The first-order valence-corrected chi connectivity index (χ1v) is 10.6. The Balaban J connectivity index is 1.55. The largest absolute Gasteiger partial charge is 0.394 e. The maximum absolute atomic E-state index is 12.5. The SMILES string of the molecule is O=C(CCN1C(=O)S/C(=C\c2cccc(Cl)c2)C1=O)N[C@H](CO)Cc1ccccc1. The van der Waals surface area contributed by atoms with Crippen LogP contribution in [-0.4, -0.2) is 46.3 Å². The van der Waals surface area contributed by atoms with Crippen molar-refractivity contribution in [1.82, 2.24) is 10.2 Å². The number of carbonyl (C=O) groups is 3. The molecule has 1 atom stereocenters. The number of hydrogen-bond acceptors (Lipinski definition) is 5. The zero-order chi connectivity index (χ0) is 21.5. The molecule has 1 heterocycles. The lowest BCUT2D eigenvalue weighted by molar-refractivity contribution is -0.124. The average molecular weight is 445 g/mol. The summed E-state index contributed by atoms with van der Waals surface area (Å²) in [6.07, 6.45) is 2.07. The third kappa shape index (κ3) is 5.95. The lowest BCUT2D eigenvalue weighted by Gasteiger charge is -2.18. The number of benzene rings is 2. The second-order valence-corrected chi connectivity index (χ2v) is 8.20. The van der Waals surface area contributed by atoms with Crippen LogP contribution in [0.5, 0.6) is 0 Å². The molecule has 0 aromatic heterocycles.